The van der Waals surface area contributed by atoms with E-state index in [2.05, 4.69) is 40.3 Å². The lowest BCUT2D eigenvalue weighted by Gasteiger charge is -2.31. The van der Waals surface area contributed by atoms with Gasteiger partial charge >= 0.3 is 0 Å². The van der Waals surface area contributed by atoms with Crippen LogP contribution in [0.15, 0.2) is 0 Å². The van der Waals surface area contributed by atoms with Gasteiger partial charge in [-0.1, -0.05) is 13.8 Å². The summed E-state index contributed by atoms with van der Waals surface area (Å²) in [7, 11) is 0. The minimum absolute atomic E-state index is 0.426. The lowest BCUT2D eigenvalue weighted by molar-refractivity contribution is 0.484. The second kappa shape index (κ2) is 4.45. The van der Waals surface area contributed by atoms with Crippen LogP contribution in [0.5, 0.6) is 0 Å². The first-order valence-corrected chi connectivity index (χ1v) is 6.26. The number of rotatable bonds is 2. The molecule has 0 amide bonds. The maximum absolute atomic E-state index is 4.57. The van der Waals surface area contributed by atoms with Gasteiger partial charge in [0.15, 0.2) is 0 Å². The minimum atomic E-state index is 0.426. The van der Waals surface area contributed by atoms with E-state index in [4.69, 9.17) is 0 Å². The molecule has 0 unspecified atom stereocenters. The third-order valence-corrected chi connectivity index (χ3v) is 3.38. The van der Waals surface area contributed by atoms with Gasteiger partial charge < -0.3 is 10.2 Å². The molecule has 4 nitrogen and oxygen atoms in total. The lowest BCUT2D eigenvalue weighted by atomic mass is 10.2. The SMILES string of the molecule is CC(C)c1nsc(N2CCN[C@H](C)C2)n1. The van der Waals surface area contributed by atoms with Crippen molar-refractivity contribution in [3.05, 3.63) is 5.82 Å². The van der Waals surface area contributed by atoms with Crippen molar-refractivity contribution < 1.29 is 0 Å². The monoisotopic (exact) mass is 226 g/mol. The van der Waals surface area contributed by atoms with Gasteiger partial charge in [-0.2, -0.15) is 4.37 Å². The Bertz CT molecular complexity index is 323. The van der Waals surface area contributed by atoms with Crippen molar-refractivity contribution in [3.8, 4) is 0 Å². The molecule has 1 N–H and O–H groups in total. The molecule has 0 spiro atoms. The van der Waals surface area contributed by atoms with Crippen LogP contribution in [-0.2, 0) is 0 Å². The Morgan fingerprint density at radius 2 is 2.33 bits per heavy atom. The number of nitrogens with one attached hydrogen (secondary N) is 1. The van der Waals surface area contributed by atoms with Gasteiger partial charge in [0.2, 0.25) is 5.13 Å². The van der Waals surface area contributed by atoms with E-state index in [1.807, 2.05) is 0 Å². The largest absolute Gasteiger partial charge is 0.344 e. The van der Waals surface area contributed by atoms with Crippen LogP contribution in [0.4, 0.5) is 5.13 Å². The number of nitrogens with zero attached hydrogens (tertiary/aromatic N) is 3. The van der Waals surface area contributed by atoms with Crippen LogP contribution in [0, 0.1) is 0 Å². The van der Waals surface area contributed by atoms with Gasteiger partial charge in [0, 0.05) is 43.1 Å². The molecule has 1 aromatic rings. The molecule has 1 atom stereocenters. The quantitative estimate of drug-likeness (QED) is 0.829. The molecular weight excluding hydrogens is 208 g/mol. The van der Waals surface area contributed by atoms with Crippen molar-refractivity contribution in [3.63, 3.8) is 0 Å². The Kier molecular flexibility index (Phi) is 3.21. The molecule has 2 rings (SSSR count). The third-order valence-electron chi connectivity index (χ3n) is 2.59. The highest BCUT2D eigenvalue weighted by atomic mass is 32.1. The van der Waals surface area contributed by atoms with E-state index in [1.54, 1.807) is 0 Å². The molecule has 0 aliphatic carbocycles. The standard InChI is InChI=1S/C10H18N4S/c1-7(2)9-12-10(15-13-9)14-5-4-11-8(3)6-14/h7-8,11H,4-6H2,1-3H3/t8-/m1/s1. The van der Waals surface area contributed by atoms with E-state index < -0.39 is 0 Å². The summed E-state index contributed by atoms with van der Waals surface area (Å²) >= 11 is 1.52. The first-order valence-electron chi connectivity index (χ1n) is 5.48. The van der Waals surface area contributed by atoms with Crippen LogP contribution >= 0.6 is 11.5 Å². The molecule has 0 saturated carbocycles. The van der Waals surface area contributed by atoms with Crippen molar-refractivity contribution in [2.24, 2.45) is 0 Å². The predicted molar refractivity (Wildman–Crippen MR) is 63.7 cm³/mol. The van der Waals surface area contributed by atoms with Crippen LogP contribution in [0.3, 0.4) is 0 Å². The Balaban J connectivity index is 2.08. The number of hydrogen-bond acceptors (Lipinski definition) is 5. The minimum Gasteiger partial charge on any atom is -0.344 e. The smallest absolute Gasteiger partial charge is 0.205 e. The molecule has 1 aromatic heterocycles. The van der Waals surface area contributed by atoms with Gasteiger partial charge in [0.05, 0.1) is 0 Å². The first-order chi connectivity index (χ1) is 7.16. The molecule has 0 bridgehead atoms. The molecule has 0 radical (unpaired) electrons. The van der Waals surface area contributed by atoms with Crippen molar-refractivity contribution >= 4 is 16.7 Å². The number of piperazine rings is 1. The molecule has 1 aliphatic heterocycles. The zero-order valence-corrected chi connectivity index (χ0v) is 10.3. The van der Waals surface area contributed by atoms with Gasteiger partial charge in [0.25, 0.3) is 0 Å². The molecule has 84 valence electrons. The molecule has 5 heteroatoms. The summed E-state index contributed by atoms with van der Waals surface area (Å²) in [6.45, 7) is 9.58. The summed E-state index contributed by atoms with van der Waals surface area (Å²) < 4.78 is 4.38. The molecule has 0 aromatic carbocycles. The zero-order chi connectivity index (χ0) is 10.8. The van der Waals surface area contributed by atoms with Crippen molar-refractivity contribution in [1.82, 2.24) is 14.7 Å². The van der Waals surface area contributed by atoms with Crippen LogP contribution in [0.25, 0.3) is 0 Å². The Hall–Kier alpha value is -0.680. The first kappa shape index (κ1) is 10.8. The topological polar surface area (TPSA) is 41.1 Å². The van der Waals surface area contributed by atoms with E-state index in [-0.39, 0.29) is 0 Å². The van der Waals surface area contributed by atoms with Gasteiger partial charge in [-0.3, -0.25) is 0 Å². The predicted octanol–water partition coefficient (Wildman–Crippen LogP) is 1.46. The van der Waals surface area contributed by atoms with Gasteiger partial charge in [0.1, 0.15) is 5.82 Å². The average molecular weight is 226 g/mol. The summed E-state index contributed by atoms with van der Waals surface area (Å²) in [5.74, 6) is 1.40. The molecule has 15 heavy (non-hydrogen) atoms. The molecule has 1 saturated heterocycles. The van der Waals surface area contributed by atoms with Crippen LogP contribution in [0.1, 0.15) is 32.5 Å². The van der Waals surface area contributed by atoms with Crippen LogP contribution < -0.4 is 10.2 Å². The van der Waals surface area contributed by atoms with Crippen molar-refractivity contribution in [2.45, 2.75) is 32.7 Å². The average Bonchev–Trinajstić information content (AvgIpc) is 2.66. The van der Waals surface area contributed by atoms with E-state index in [1.165, 1.54) is 11.5 Å². The molecule has 2 heterocycles. The summed E-state index contributed by atoms with van der Waals surface area (Å²) in [6, 6.07) is 0.546. The normalized spacial score (nSPS) is 22.4. The van der Waals surface area contributed by atoms with E-state index in [0.717, 1.165) is 30.6 Å². The number of aromatic nitrogens is 2. The Morgan fingerprint density at radius 1 is 1.53 bits per heavy atom. The van der Waals surface area contributed by atoms with Crippen molar-refractivity contribution in [1.29, 1.82) is 0 Å². The zero-order valence-electron chi connectivity index (χ0n) is 9.53. The second-order valence-electron chi connectivity index (χ2n) is 4.39. The molecule has 1 fully saturated rings. The summed E-state index contributed by atoms with van der Waals surface area (Å²) in [4.78, 5) is 6.90. The molecular formula is C10H18N4S. The summed E-state index contributed by atoms with van der Waals surface area (Å²) in [6.07, 6.45) is 0. The van der Waals surface area contributed by atoms with Gasteiger partial charge in [-0.15, -0.1) is 0 Å². The van der Waals surface area contributed by atoms with E-state index >= 15 is 0 Å². The van der Waals surface area contributed by atoms with E-state index in [0.29, 0.717) is 12.0 Å². The summed E-state index contributed by atoms with van der Waals surface area (Å²) in [5.41, 5.74) is 0. The van der Waals surface area contributed by atoms with Crippen LogP contribution in [-0.4, -0.2) is 35.0 Å². The third kappa shape index (κ3) is 2.46. The Labute approximate surface area is 94.9 Å². The van der Waals surface area contributed by atoms with Crippen molar-refractivity contribution in [2.75, 3.05) is 24.5 Å². The molecule has 1 aliphatic rings. The fourth-order valence-corrected chi connectivity index (χ4v) is 2.54. The highest BCUT2D eigenvalue weighted by Crippen LogP contribution is 2.22. The van der Waals surface area contributed by atoms with Gasteiger partial charge in [-0.25, -0.2) is 4.98 Å². The maximum Gasteiger partial charge on any atom is 0.205 e. The second-order valence-corrected chi connectivity index (χ2v) is 5.12. The fraction of sp³-hybridized carbons (Fsp3) is 0.800. The highest BCUT2D eigenvalue weighted by molar-refractivity contribution is 7.09. The maximum atomic E-state index is 4.57. The number of anilines is 1. The summed E-state index contributed by atoms with van der Waals surface area (Å²) in [5, 5.41) is 4.50. The highest BCUT2D eigenvalue weighted by Gasteiger charge is 2.19. The number of hydrogen-bond donors (Lipinski definition) is 1. The lowest BCUT2D eigenvalue weighted by Crippen LogP contribution is -2.49. The fourth-order valence-electron chi connectivity index (χ4n) is 1.70. The van der Waals surface area contributed by atoms with Crippen LogP contribution in [0.2, 0.25) is 0 Å². The van der Waals surface area contributed by atoms with Gasteiger partial charge in [-0.05, 0) is 6.92 Å². The Morgan fingerprint density at radius 3 is 2.93 bits per heavy atom. The van der Waals surface area contributed by atoms with E-state index in [9.17, 15) is 0 Å².